The number of rotatable bonds is 4. The van der Waals surface area contributed by atoms with Gasteiger partial charge in [0.2, 0.25) is 0 Å². The number of amides is 1. The molecule has 0 spiro atoms. The molecular weight excluding hydrogens is 406 g/mol. The number of anilines is 2. The first-order valence-electron chi connectivity index (χ1n) is 8.72. The number of halogens is 3. The summed E-state index contributed by atoms with van der Waals surface area (Å²) in [5.74, 6) is -1.50. The maximum absolute atomic E-state index is 14.9. The molecule has 4 rings (SSSR count). The van der Waals surface area contributed by atoms with Gasteiger partial charge in [0.25, 0.3) is 5.56 Å². The van der Waals surface area contributed by atoms with E-state index in [2.05, 4.69) is 15.3 Å². The van der Waals surface area contributed by atoms with Crippen molar-refractivity contribution in [1.29, 1.82) is 0 Å². The van der Waals surface area contributed by atoms with Crippen LogP contribution in [-0.2, 0) is 4.74 Å². The second-order valence-corrected chi connectivity index (χ2v) is 6.94. The lowest BCUT2D eigenvalue weighted by atomic mass is 10.1. The summed E-state index contributed by atoms with van der Waals surface area (Å²) < 4.78 is 33.4. The van der Waals surface area contributed by atoms with E-state index in [0.717, 1.165) is 6.07 Å². The Hall–Kier alpha value is -3.20. The monoisotopic (exact) mass is 420 g/mol. The highest BCUT2D eigenvalue weighted by atomic mass is 35.5. The van der Waals surface area contributed by atoms with Gasteiger partial charge < -0.3 is 15.0 Å². The number of ether oxygens (including phenoxy) is 1. The fraction of sp³-hybridized carbons (Fsp3) is 0.211. The van der Waals surface area contributed by atoms with E-state index in [9.17, 15) is 18.4 Å². The summed E-state index contributed by atoms with van der Waals surface area (Å²) in [4.78, 5) is 31.9. The van der Waals surface area contributed by atoms with Crippen LogP contribution in [0.5, 0.6) is 0 Å². The van der Waals surface area contributed by atoms with Gasteiger partial charge >= 0.3 is 6.09 Å². The average Bonchev–Trinajstić information content (AvgIpc) is 3.10. The molecule has 1 fully saturated rings. The normalized spacial score (nSPS) is 14.9. The standard InChI is InChI=1S/C19H15ClF2N4O3/c1-9(11-6-10-7-12(20)13(21)8-14(10)25-18(11)27)24-17-16(22)15(2-3-23-17)26-4-5-29-19(26)28/h2-3,6-9H,4-5H2,1H3,(H,23,24)(H,25,27). The van der Waals surface area contributed by atoms with Crippen molar-refractivity contribution < 1.29 is 18.3 Å². The molecule has 1 saturated heterocycles. The molecule has 0 radical (unpaired) electrons. The molecule has 150 valence electrons. The molecule has 1 unspecified atom stereocenters. The number of H-pyrrole nitrogens is 1. The number of aromatic nitrogens is 2. The molecule has 1 aliphatic heterocycles. The van der Waals surface area contributed by atoms with Gasteiger partial charge in [-0.2, -0.15) is 0 Å². The van der Waals surface area contributed by atoms with Crippen LogP contribution in [0, 0.1) is 11.6 Å². The quantitative estimate of drug-likeness (QED) is 0.666. The molecule has 0 aliphatic carbocycles. The zero-order valence-corrected chi connectivity index (χ0v) is 15.9. The lowest BCUT2D eigenvalue weighted by Crippen LogP contribution is -2.25. The summed E-state index contributed by atoms with van der Waals surface area (Å²) in [6.07, 6.45) is 0.718. The Morgan fingerprint density at radius 2 is 2.10 bits per heavy atom. The van der Waals surface area contributed by atoms with Crippen LogP contribution >= 0.6 is 11.6 Å². The minimum Gasteiger partial charge on any atom is -0.447 e. The van der Waals surface area contributed by atoms with Crippen molar-refractivity contribution in [2.24, 2.45) is 0 Å². The first-order chi connectivity index (χ1) is 13.8. The second-order valence-electron chi connectivity index (χ2n) is 6.53. The minimum atomic E-state index is -0.736. The van der Waals surface area contributed by atoms with Crippen molar-refractivity contribution in [3.63, 3.8) is 0 Å². The summed E-state index contributed by atoms with van der Waals surface area (Å²) in [5, 5.41) is 3.30. The zero-order chi connectivity index (χ0) is 20.7. The topological polar surface area (TPSA) is 87.3 Å². The predicted octanol–water partition coefficient (Wildman–Crippen LogP) is 3.98. The molecule has 2 N–H and O–H groups in total. The summed E-state index contributed by atoms with van der Waals surface area (Å²) >= 11 is 5.82. The molecule has 1 atom stereocenters. The number of benzene rings is 1. The minimum absolute atomic E-state index is 0.0341. The molecule has 2 aromatic heterocycles. The number of fused-ring (bicyclic) bond motifs is 1. The molecule has 7 nitrogen and oxygen atoms in total. The summed E-state index contributed by atoms with van der Waals surface area (Å²) in [6.45, 7) is 2.06. The number of carbonyl (C=O) groups is 1. The molecule has 0 bridgehead atoms. The SMILES string of the molecule is CC(Nc1nccc(N2CCOC2=O)c1F)c1cc2cc(Cl)c(F)cc2[nH]c1=O. The average molecular weight is 421 g/mol. The van der Waals surface area contributed by atoms with Crippen molar-refractivity contribution >= 4 is 40.1 Å². The van der Waals surface area contributed by atoms with Gasteiger partial charge in [-0.25, -0.2) is 18.6 Å². The number of hydrogen-bond donors (Lipinski definition) is 2. The van der Waals surface area contributed by atoms with Crippen LogP contribution in [-0.4, -0.2) is 29.2 Å². The molecule has 0 saturated carbocycles. The summed E-state index contributed by atoms with van der Waals surface area (Å²) in [7, 11) is 0. The fourth-order valence-electron chi connectivity index (χ4n) is 3.18. The molecule has 29 heavy (non-hydrogen) atoms. The first-order valence-corrected chi connectivity index (χ1v) is 9.10. The van der Waals surface area contributed by atoms with E-state index in [-0.39, 0.29) is 35.2 Å². The van der Waals surface area contributed by atoms with E-state index in [1.54, 1.807) is 13.0 Å². The number of cyclic esters (lactones) is 1. The molecule has 3 aromatic rings. The molecular formula is C19H15ClF2N4O3. The van der Waals surface area contributed by atoms with Crippen LogP contribution in [0.1, 0.15) is 18.5 Å². The number of nitrogens with one attached hydrogen (secondary N) is 2. The third-order valence-electron chi connectivity index (χ3n) is 4.65. The highest BCUT2D eigenvalue weighted by molar-refractivity contribution is 6.31. The van der Waals surface area contributed by atoms with Crippen molar-refractivity contribution in [3.8, 4) is 0 Å². The van der Waals surface area contributed by atoms with E-state index >= 15 is 0 Å². The van der Waals surface area contributed by atoms with E-state index in [4.69, 9.17) is 16.3 Å². The van der Waals surface area contributed by atoms with Crippen molar-refractivity contribution in [2.45, 2.75) is 13.0 Å². The zero-order valence-electron chi connectivity index (χ0n) is 15.1. The largest absolute Gasteiger partial charge is 0.447 e. The van der Waals surface area contributed by atoms with Crippen LogP contribution < -0.4 is 15.8 Å². The Kier molecular flexibility index (Phi) is 4.83. The molecule has 1 amide bonds. The van der Waals surface area contributed by atoms with Gasteiger partial charge in [0.05, 0.1) is 28.8 Å². The third kappa shape index (κ3) is 3.49. The van der Waals surface area contributed by atoms with Gasteiger partial charge in [-0.05, 0) is 31.2 Å². The molecule has 1 aliphatic rings. The fourth-order valence-corrected chi connectivity index (χ4v) is 3.35. The summed E-state index contributed by atoms with van der Waals surface area (Å²) in [5.41, 5.74) is 0.157. The van der Waals surface area contributed by atoms with Gasteiger partial charge in [0.15, 0.2) is 11.6 Å². The Morgan fingerprint density at radius 3 is 2.83 bits per heavy atom. The van der Waals surface area contributed by atoms with Gasteiger partial charge in [0.1, 0.15) is 12.4 Å². The summed E-state index contributed by atoms with van der Waals surface area (Å²) in [6, 6.07) is 4.82. The Morgan fingerprint density at radius 1 is 1.31 bits per heavy atom. The third-order valence-corrected chi connectivity index (χ3v) is 4.94. The van der Waals surface area contributed by atoms with Gasteiger partial charge in [-0.3, -0.25) is 9.69 Å². The second kappa shape index (κ2) is 7.32. The maximum Gasteiger partial charge on any atom is 0.414 e. The number of hydrogen-bond acceptors (Lipinski definition) is 5. The first kappa shape index (κ1) is 19.1. The number of nitrogens with zero attached hydrogens (tertiary/aromatic N) is 2. The molecule has 10 heteroatoms. The van der Waals surface area contributed by atoms with Gasteiger partial charge in [-0.1, -0.05) is 11.6 Å². The highest BCUT2D eigenvalue weighted by Gasteiger charge is 2.28. The molecule has 1 aromatic carbocycles. The Balaban J connectivity index is 1.67. The van der Waals surface area contributed by atoms with Crippen LogP contribution in [0.4, 0.5) is 25.1 Å². The lowest BCUT2D eigenvalue weighted by Gasteiger charge is -2.18. The van der Waals surface area contributed by atoms with E-state index in [1.807, 2.05) is 0 Å². The number of aromatic amines is 1. The van der Waals surface area contributed by atoms with Gasteiger partial charge in [0, 0.05) is 17.1 Å². The van der Waals surface area contributed by atoms with Crippen LogP contribution in [0.25, 0.3) is 10.9 Å². The van der Waals surface area contributed by atoms with Crippen LogP contribution in [0.15, 0.2) is 35.3 Å². The van der Waals surface area contributed by atoms with Crippen molar-refractivity contribution in [1.82, 2.24) is 9.97 Å². The number of carbonyl (C=O) groups excluding carboxylic acids is 1. The van der Waals surface area contributed by atoms with E-state index in [1.165, 1.54) is 23.2 Å². The van der Waals surface area contributed by atoms with E-state index < -0.39 is 29.3 Å². The van der Waals surface area contributed by atoms with Crippen LogP contribution in [0.3, 0.4) is 0 Å². The van der Waals surface area contributed by atoms with Crippen molar-refractivity contribution in [3.05, 3.63) is 63.0 Å². The predicted molar refractivity (Wildman–Crippen MR) is 104 cm³/mol. The molecule has 3 heterocycles. The highest BCUT2D eigenvalue weighted by Crippen LogP contribution is 2.29. The maximum atomic E-state index is 14.9. The Labute approximate surface area is 168 Å². The smallest absolute Gasteiger partial charge is 0.414 e. The number of pyridine rings is 2. The lowest BCUT2D eigenvalue weighted by molar-refractivity contribution is 0.181. The van der Waals surface area contributed by atoms with Crippen LogP contribution in [0.2, 0.25) is 5.02 Å². The van der Waals surface area contributed by atoms with Crippen molar-refractivity contribution in [2.75, 3.05) is 23.4 Å². The van der Waals surface area contributed by atoms with Gasteiger partial charge in [-0.15, -0.1) is 0 Å². The Bertz CT molecular complexity index is 1180. The van der Waals surface area contributed by atoms with E-state index in [0.29, 0.717) is 10.9 Å².